The zero-order chi connectivity index (χ0) is 22.0. The highest BCUT2D eigenvalue weighted by Gasteiger charge is 2.29. The maximum Gasteiger partial charge on any atom is 0.243 e. The lowest BCUT2D eigenvalue weighted by molar-refractivity contribution is 0.150. The molecule has 6 nitrogen and oxygen atoms in total. The molecule has 0 aliphatic carbocycles. The number of nitrogens with zero attached hydrogens (tertiary/aromatic N) is 4. The monoisotopic (exact) mass is 456 g/mol. The van der Waals surface area contributed by atoms with E-state index in [0.29, 0.717) is 37.7 Å². The summed E-state index contributed by atoms with van der Waals surface area (Å²) in [6.45, 7) is 10.8. The topological polar surface area (TPSA) is 58.4 Å². The molecule has 8 heteroatoms. The number of benzene rings is 2. The quantitative estimate of drug-likeness (QED) is 0.399. The van der Waals surface area contributed by atoms with Gasteiger partial charge in [-0.05, 0) is 49.2 Å². The van der Waals surface area contributed by atoms with Crippen LogP contribution in [0.5, 0.6) is 0 Å². The number of fused-ring (bicyclic) bond motifs is 1. The standard InChI is InChI=1S/C23H28N4O2S2/c1-4-15-30-23-24-21-7-5-6-8-22(21)27(23)17-25-11-13-26(14-12-25)31(28,29)20-10-9-18(2)19(3)16-20/h4-10,16H,1,11-15,17H2,2-3H3. The van der Waals surface area contributed by atoms with Gasteiger partial charge in [-0.3, -0.25) is 4.90 Å². The molecule has 31 heavy (non-hydrogen) atoms. The fraction of sp³-hybridized carbons (Fsp3) is 0.348. The van der Waals surface area contributed by atoms with E-state index in [4.69, 9.17) is 4.98 Å². The van der Waals surface area contributed by atoms with Crippen LogP contribution in [0.1, 0.15) is 11.1 Å². The van der Waals surface area contributed by atoms with Gasteiger partial charge < -0.3 is 4.57 Å². The van der Waals surface area contributed by atoms with Crippen molar-refractivity contribution in [2.45, 2.75) is 30.6 Å². The number of imidazole rings is 1. The van der Waals surface area contributed by atoms with Gasteiger partial charge in [-0.1, -0.05) is 36.0 Å². The summed E-state index contributed by atoms with van der Waals surface area (Å²) in [5.74, 6) is 0.797. The third-order valence-electron chi connectivity index (χ3n) is 5.74. The minimum atomic E-state index is -3.47. The predicted molar refractivity (Wildman–Crippen MR) is 127 cm³/mol. The van der Waals surface area contributed by atoms with Crippen molar-refractivity contribution in [3.8, 4) is 0 Å². The molecule has 2 aromatic carbocycles. The normalized spacial score (nSPS) is 16.1. The maximum atomic E-state index is 13.1. The summed E-state index contributed by atoms with van der Waals surface area (Å²) in [4.78, 5) is 7.44. The number of thioether (sulfide) groups is 1. The van der Waals surface area contributed by atoms with Crippen molar-refractivity contribution >= 4 is 32.8 Å². The molecule has 3 aromatic rings. The van der Waals surface area contributed by atoms with Crippen LogP contribution in [0.3, 0.4) is 0 Å². The van der Waals surface area contributed by atoms with Gasteiger partial charge >= 0.3 is 0 Å². The zero-order valence-electron chi connectivity index (χ0n) is 18.0. The zero-order valence-corrected chi connectivity index (χ0v) is 19.6. The molecule has 0 unspecified atom stereocenters. The lowest BCUT2D eigenvalue weighted by atomic mass is 10.1. The fourth-order valence-electron chi connectivity index (χ4n) is 3.77. The summed E-state index contributed by atoms with van der Waals surface area (Å²) in [5.41, 5.74) is 4.17. The van der Waals surface area contributed by atoms with E-state index in [1.165, 1.54) is 0 Å². The van der Waals surface area contributed by atoms with Gasteiger partial charge in [0.15, 0.2) is 5.16 Å². The van der Waals surface area contributed by atoms with E-state index in [2.05, 4.69) is 22.1 Å². The van der Waals surface area contributed by atoms with Crippen LogP contribution in [0.4, 0.5) is 0 Å². The third kappa shape index (κ3) is 4.57. The van der Waals surface area contributed by atoms with Crippen LogP contribution in [-0.4, -0.2) is 59.1 Å². The Bertz CT molecular complexity index is 1200. The minimum Gasteiger partial charge on any atom is -0.305 e. The van der Waals surface area contributed by atoms with Gasteiger partial charge in [0, 0.05) is 31.9 Å². The van der Waals surface area contributed by atoms with Gasteiger partial charge in [-0.2, -0.15) is 4.31 Å². The Kier molecular flexibility index (Phi) is 6.52. The van der Waals surface area contributed by atoms with E-state index in [1.807, 2.05) is 44.2 Å². The molecule has 1 aromatic heterocycles. The number of piperazine rings is 1. The van der Waals surface area contributed by atoms with Crippen LogP contribution < -0.4 is 0 Å². The van der Waals surface area contributed by atoms with Crippen molar-refractivity contribution in [2.24, 2.45) is 0 Å². The first kappa shape index (κ1) is 22.1. The molecule has 0 atom stereocenters. The van der Waals surface area contributed by atoms with Gasteiger partial charge in [0.1, 0.15) is 0 Å². The minimum absolute atomic E-state index is 0.382. The summed E-state index contributed by atoms with van der Waals surface area (Å²) in [7, 11) is -3.47. The molecular formula is C23H28N4O2S2. The van der Waals surface area contributed by atoms with Gasteiger partial charge in [-0.15, -0.1) is 6.58 Å². The molecule has 164 valence electrons. The second kappa shape index (κ2) is 9.16. The Labute approximate surface area is 188 Å². The summed E-state index contributed by atoms with van der Waals surface area (Å²) in [5, 5.41) is 0.964. The number of hydrogen-bond acceptors (Lipinski definition) is 5. The highest BCUT2D eigenvalue weighted by molar-refractivity contribution is 7.99. The van der Waals surface area contributed by atoms with Gasteiger partial charge in [0.25, 0.3) is 0 Å². The van der Waals surface area contributed by atoms with E-state index in [-0.39, 0.29) is 0 Å². The van der Waals surface area contributed by atoms with Crippen LogP contribution in [0, 0.1) is 13.8 Å². The molecule has 1 aliphatic heterocycles. The number of aryl methyl sites for hydroxylation is 2. The summed E-state index contributed by atoms with van der Waals surface area (Å²) in [6, 6.07) is 13.5. The fourth-order valence-corrected chi connectivity index (χ4v) is 6.02. The SMILES string of the molecule is C=CCSc1nc2ccccc2n1CN1CCN(S(=O)(=O)c2ccc(C)c(C)c2)CC1. The molecule has 0 saturated carbocycles. The van der Waals surface area contributed by atoms with Crippen LogP contribution in [0.15, 0.2) is 65.2 Å². The summed E-state index contributed by atoms with van der Waals surface area (Å²) in [6.07, 6.45) is 1.88. The number of para-hydroxylation sites is 2. The Morgan fingerprint density at radius 1 is 1.06 bits per heavy atom. The van der Waals surface area contributed by atoms with Crippen molar-refractivity contribution in [3.63, 3.8) is 0 Å². The van der Waals surface area contributed by atoms with Crippen LogP contribution in [-0.2, 0) is 16.7 Å². The summed E-state index contributed by atoms with van der Waals surface area (Å²) < 4.78 is 30.0. The molecule has 1 aliphatic rings. The number of sulfonamides is 1. The summed E-state index contributed by atoms with van der Waals surface area (Å²) >= 11 is 1.67. The lowest BCUT2D eigenvalue weighted by Gasteiger charge is -2.34. The van der Waals surface area contributed by atoms with E-state index in [0.717, 1.165) is 33.1 Å². The van der Waals surface area contributed by atoms with E-state index in [9.17, 15) is 8.42 Å². The molecule has 0 N–H and O–H groups in total. The van der Waals surface area contributed by atoms with E-state index < -0.39 is 10.0 Å². The second-order valence-corrected chi connectivity index (χ2v) is 10.7. The molecule has 0 spiro atoms. The molecule has 4 rings (SSSR count). The maximum absolute atomic E-state index is 13.1. The lowest BCUT2D eigenvalue weighted by Crippen LogP contribution is -2.48. The van der Waals surface area contributed by atoms with Crippen LogP contribution >= 0.6 is 11.8 Å². The van der Waals surface area contributed by atoms with Crippen molar-refractivity contribution in [3.05, 3.63) is 66.2 Å². The Morgan fingerprint density at radius 3 is 2.52 bits per heavy atom. The number of rotatable bonds is 7. The first-order valence-corrected chi connectivity index (χ1v) is 12.8. The molecule has 1 fully saturated rings. The van der Waals surface area contributed by atoms with Gasteiger partial charge in [-0.25, -0.2) is 13.4 Å². The van der Waals surface area contributed by atoms with Crippen LogP contribution in [0.25, 0.3) is 11.0 Å². The van der Waals surface area contributed by atoms with Crippen LogP contribution in [0.2, 0.25) is 0 Å². The third-order valence-corrected chi connectivity index (χ3v) is 8.61. The van der Waals surface area contributed by atoms with Crippen molar-refractivity contribution < 1.29 is 8.42 Å². The van der Waals surface area contributed by atoms with E-state index >= 15 is 0 Å². The van der Waals surface area contributed by atoms with E-state index in [1.54, 1.807) is 28.2 Å². The molecule has 0 amide bonds. The van der Waals surface area contributed by atoms with Crippen molar-refractivity contribution in [1.82, 2.24) is 18.8 Å². The largest absolute Gasteiger partial charge is 0.305 e. The van der Waals surface area contributed by atoms with Crippen molar-refractivity contribution in [1.29, 1.82) is 0 Å². The van der Waals surface area contributed by atoms with Gasteiger partial charge in [0.05, 0.1) is 22.6 Å². The Balaban J connectivity index is 1.48. The molecule has 0 bridgehead atoms. The Hall–Kier alpha value is -2.13. The second-order valence-electron chi connectivity index (χ2n) is 7.82. The predicted octanol–water partition coefficient (Wildman–Crippen LogP) is 3.90. The highest BCUT2D eigenvalue weighted by atomic mass is 32.2. The number of aromatic nitrogens is 2. The average molecular weight is 457 g/mol. The number of hydrogen-bond donors (Lipinski definition) is 0. The van der Waals surface area contributed by atoms with Gasteiger partial charge in [0.2, 0.25) is 10.0 Å². The highest BCUT2D eigenvalue weighted by Crippen LogP contribution is 2.26. The smallest absolute Gasteiger partial charge is 0.243 e. The molecule has 1 saturated heterocycles. The Morgan fingerprint density at radius 2 is 1.81 bits per heavy atom. The molecule has 2 heterocycles. The average Bonchev–Trinajstić information content (AvgIpc) is 3.12. The first-order chi connectivity index (χ1) is 14.9. The first-order valence-electron chi connectivity index (χ1n) is 10.4. The van der Waals surface area contributed by atoms with Crippen molar-refractivity contribution in [2.75, 3.05) is 31.9 Å². The molecular weight excluding hydrogens is 428 g/mol. The molecule has 0 radical (unpaired) electrons.